The van der Waals surface area contributed by atoms with E-state index in [0.29, 0.717) is 70.3 Å². The molecule has 1 aromatic carbocycles. The Morgan fingerprint density at radius 2 is 1.58 bits per heavy atom. The van der Waals surface area contributed by atoms with Gasteiger partial charge in [0.25, 0.3) is 0 Å². The molecule has 3 rings (SSSR count). The zero-order valence-corrected chi connectivity index (χ0v) is 34.6. The number of likely N-dealkylation sites (tertiary alicyclic amines) is 1. The molecule has 0 radical (unpaired) electrons. The molecule has 0 aliphatic carbocycles. The van der Waals surface area contributed by atoms with Crippen LogP contribution in [0.1, 0.15) is 126 Å². The fraction of sp³-hybridized carbons (Fsp3) is 0.732. The van der Waals surface area contributed by atoms with E-state index in [2.05, 4.69) is 29.8 Å². The lowest BCUT2D eigenvalue weighted by atomic mass is 9.80. The van der Waals surface area contributed by atoms with E-state index in [0.717, 1.165) is 5.56 Å². The fourth-order valence-electron chi connectivity index (χ4n) is 7.95. The third-order valence-corrected chi connectivity index (χ3v) is 10.3. The summed E-state index contributed by atoms with van der Waals surface area (Å²) < 4.78 is 11.2. The number of hydrogen-bond donors (Lipinski definition) is 5. The van der Waals surface area contributed by atoms with Crippen LogP contribution in [0.15, 0.2) is 30.3 Å². The van der Waals surface area contributed by atoms with E-state index in [1.165, 1.54) is 5.06 Å². The number of rotatable bonds is 17. The van der Waals surface area contributed by atoms with Crippen molar-refractivity contribution in [2.45, 2.75) is 167 Å². The molecule has 2 heterocycles. The van der Waals surface area contributed by atoms with Crippen LogP contribution in [0.25, 0.3) is 0 Å². The van der Waals surface area contributed by atoms with E-state index in [9.17, 15) is 29.2 Å². The summed E-state index contributed by atoms with van der Waals surface area (Å²) in [6.07, 6.45) is 3.30. The molecule has 310 valence electrons. The monoisotopic (exact) mass is 773 g/mol. The van der Waals surface area contributed by atoms with E-state index >= 15 is 0 Å². The second kappa shape index (κ2) is 19.8. The summed E-state index contributed by atoms with van der Waals surface area (Å²) in [5.74, 6) is -1.43. The van der Waals surface area contributed by atoms with Crippen molar-refractivity contribution in [2.75, 3.05) is 13.1 Å². The fourth-order valence-corrected chi connectivity index (χ4v) is 7.95. The molecule has 4 atom stereocenters. The van der Waals surface area contributed by atoms with E-state index < -0.39 is 58.7 Å². The summed E-state index contributed by atoms with van der Waals surface area (Å²) in [7, 11) is 0. The molecule has 14 nitrogen and oxygen atoms in total. The predicted octanol–water partition coefficient (Wildman–Crippen LogP) is 5.44. The number of alkyl carbamates (subject to hydrolysis) is 2. The second-order valence-corrected chi connectivity index (χ2v) is 18.0. The van der Waals surface area contributed by atoms with E-state index in [1.54, 1.807) is 4.90 Å². The Kier molecular flexibility index (Phi) is 16.4. The summed E-state index contributed by atoms with van der Waals surface area (Å²) in [6, 6.07) is 7.79. The van der Waals surface area contributed by atoms with Gasteiger partial charge in [0, 0.05) is 49.0 Å². The Morgan fingerprint density at radius 3 is 2.16 bits per heavy atom. The average molecular weight is 773 g/mol. The van der Waals surface area contributed by atoms with Crippen LogP contribution >= 0.6 is 0 Å². The van der Waals surface area contributed by atoms with E-state index in [-0.39, 0.29) is 31.0 Å². The van der Waals surface area contributed by atoms with Gasteiger partial charge in [0.05, 0.1) is 0 Å². The number of nitrogens with one attached hydrogen (secondary N) is 3. The number of hydroxylamine groups is 2. The van der Waals surface area contributed by atoms with Crippen molar-refractivity contribution in [1.29, 1.82) is 0 Å². The van der Waals surface area contributed by atoms with E-state index in [4.69, 9.17) is 15.2 Å². The molecular formula is C41H68N6O8. The molecule has 0 saturated carbocycles. The van der Waals surface area contributed by atoms with Gasteiger partial charge in [-0.1, -0.05) is 44.2 Å². The van der Waals surface area contributed by atoms with Crippen LogP contribution in [0.4, 0.5) is 9.59 Å². The lowest BCUT2D eigenvalue weighted by Crippen LogP contribution is -2.60. The van der Waals surface area contributed by atoms with Crippen molar-refractivity contribution in [2.24, 2.45) is 17.6 Å². The van der Waals surface area contributed by atoms with Gasteiger partial charge in [0.2, 0.25) is 17.7 Å². The number of primary amides is 1. The normalized spacial score (nSPS) is 20.3. The highest BCUT2D eigenvalue weighted by Gasteiger charge is 2.46. The molecule has 1 aromatic rings. The molecule has 2 aliphatic rings. The first kappa shape index (κ1) is 45.5. The van der Waals surface area contributed by atoms with Gasteiger partial charge in [0.15, 0.2) is 0 Å². The highest BCUT2D eigenvalue weighted by molar-refractivity contribution is 5.92. The van der Waals surface area contributed by atoms with E-state index in [1.807, 2.05) is 78.8 Å². The SMILES string of the molecule is CC(C)C[C@@H](CC[C@H](Cc1ccccc1)C(=O)N1CCC[C@H]1C(=O)N[C@@H](CCCNC(=O)OC1CC(C)(C)N(O)C(C)(C)C1)C(N)=O)NC(=O)OC(C)(C)C. The Hall–Kier alpha value is -3.91. The quantitative estimate of drug-likeness (QED) is 0.128. The largest absolute Gasteiger partial charge is 0.446 e. The summed E-state index contributed by atoms with van der Waals surface area (Å²) >= 11 is 0. The Morgan fingerprint density at radius 1 is 0.945 bits per heavy atom. The lowest BCUT2D eigenvalue weighted by molar-refractivity contribution is -0.256. The molecule has 0 bridgehead atoms. The molecule has 14 heteroatoms. The van der Waals surface area contributed by atoms with Gasteiger partial charge in [-0.05, 0) is 111 Å². The molecule has 6 N–H and O–H groups in total. The molecule has 55 heavy (non-hydrogen) atoms. The van der Waals surface area contributed by atoms with Crippen LogP contribution in [-0.2, 0) is 30.3 Å². The van der Waals surface area contributed by atoms with Crippen molar-refractivity contribution in [1.82, 2.24) is 25.9 Å². The topological polar surface area (TPSA) is 193 Å². The lowest BCUT2D eigenvalue weighted by Gasteiger charge is -2.50. The molecule has 5 amide bonds. The highest BCUT2D eigenvalue weighted by atomic mass is 16.6. The number of carbonyl (C=O) groups excluding carboxylic acids is 5. The third-order valence-electron chi connectivity index (χ3n) is 10.3. The minimum absolute atomic E-state index is 0.142. The first-order valence-corrected chi connectivity index (χ1v) is 19.9. The van der Waals surface area contributed by atoms with Gasteiger partial charge in [-0.25, -0.2) is 9.59 Å². The highest BCUT2D eigenvalue weighted by Crippen LogP contribution is 2.38. The maximum Gasteiger partial charge on any atom is 0.407 e. The zero-order valence-electron chi connectivity index (χ0n) is 34.6. The molecule has 0 aromatic heterocycles. The smallest absolute Gasteiger partial charge is 0.407 e. The van der Waals surface area contributed by atoms with Gasteiger partial charge >= 0.3 is 12.2 Å². The Bertz CT molecular complexity index is 1430. The molecule has 2 fully saturated rings. The number of hydrogen-bond acceptors (Lipinski definition) is 9. The molecule has 0 spiro atoms. The minimum Gasteiger partial charge on any atom is -0.446 e. The summed E-state index contributed by atoms with van der Waals surface area (Å²) in [4.78, 5) is 67.4. The van der Waals surface area contributed by atoms with Gasteiger partial charge in [0.1, 0.15) is 23.8 Å². The minimum atomic E-state index is -0.991. The summed E-state index contributed by atoms with van der Waals surface area (Å²) in [5, 5.41) is 20.4. The second-order valence-electron chi connectivity index (χ2n) is 18.0. The molecule has 2 saturated heterocycles. The van der Waals surface area contributed by atoms with Gasteiger partial charge in [-0.2, -0.15) is 5.06 Å². The van der Waals surface area contributed by atoms with Crippen LogP contribution in [0, 0.1) is 11.8 Å². The van der Waals surface area contributed by atoms with Gasteiger partial charge in [-0.15, -0.1) is 0 Å². The van der Waals surface area contributed by atoms with Crippen molar-refractivity contribution in [3.8, 4) is 0 Å². The number of ether oxygens (including phenoxy) is 2. The molecular weight excluding hydrogens is 704 g/mol. The summed E-state index contributed by atoms with van der Waals surface area (Å²) in [6.45, 7) is 17.8. The van der Waals surface area contributed by atoms with Crippen LogP contribution in [0.5, 0.6) is 0 Å². The average Bonchev–Trinajstić information content (AvgIpc) is 3.56. The number of nitrogens with two attached hydrogens (primary N) is 1. The standard InChI is InChI=1S/C41H68N6O8/c1-27(2)23-30(44-38(52)55-39(3,4)5)20-19-29(24-28-15-11-10-12-16-28)36(50)46-22-14-18-33(46)35(49)45-32(34(42)48)17-13-21-43-37(51)54-31-25-40(6,7)47(53)41(8,9)26-31/h10-12,15-16,27,29-33,53H,13-14,17-26H2,1-9H3,(H2,42,48)(H,43,51)(H,44,52)(H,45,49)/t29-,30-,32+,33+/m1/s1. The van der Waals surface area contributed by atoms with Crippen molar-refractivity contribution >= 4 is 29.9 Å². The Balaban J connectivity index is 1.61. The Labute approximate surface area is 327 Å². The van der Waals surface area contributed by atoms with Crippen molar-refractivity contribution < 1.29 is 38.7 Å². The number of nitrogens with zero attached hydrogens (tertiary/aromatic N) is 2. The van der Waals surface area contributed by atoms with Crippen LogP contribution in [0.2, 0.25) is 0 Å². The van der Waals surface area contributed by atoms with Crippen molar-refractivity contribution in [3.63, 3.8) is 0 Å². The summed E-state index contributed by atoms with van der Waals surface area (Å²) in [5.41, 5.74) is 4.92. The molecule has 2 aliphatic heterocycles. The predicted molar refractivity (Wildman–Crippen MR) is 210 cm³/mol. The van der Waals surface area contributed by atoms with Crippen molar-refractivity contribution in [3.05, 3.63) is 35.9 Å². The first-order chi connectivity index (χ1) is 25.6. The first-order valence-electron chi connectivity index (χ1n) is 19.9. The number of piperidine rings is 1. The number of amides is 5. The zero-order chi connectivity index (χ0) is 41.1. The maximum absolute atomic E-state index is 14.3. The van der Waals surface area contributed by atoms with Gasteiger partial charge in [-0.3, -0.25) is 14.4 Å². The molecule has 0 unspecified atom stereocenters. The number of benzene rings is 1. The number of carbonyl (C=O) groups is 5. The van der Waals surface area contributed by atoms with Gasteiger partial charge < -0.3 is 41.3 Å². The third kappa shape index (κ3) is 14.6. The maximum atomic E-state index is 14.3. The van der Waals surface area contributed by atoms with Crippen LogP contribution < -0.4 is 21.7 Å². The van der Waals surface area contributed by atoms with Crippen LogP contribution in [0.3, 0.4) is 0 Å². The van der Waals surface area contributed by atoms with Crippen LogP contribution in [-0.4, -0.2) is 99.1 Å².